The number of anilines is 1. The van der Waals surface area contributed by atoms with Gasteiger partial charge in [0.15, 0.2) is 0 Å². The highest BCUT2D eigenvalue weighted by molar-refractivity contribution is 5.51. The lowest BCUT2D eigenvalue weighted by atomic mass is 10.1. The van der Waals surface area contributed by atoms with Gasteiger partial charge in [-0.15, -0.1) is 5.10 Å². The summed E-state index contributed by atoms with van der Waals surface area (Å²) in [7, 11) is 0. The molecule has 0 aliphatic rings. The van der Waals surface area contributed by atoms with E-state index in [1.165, 1.54) is 32.1 Å². The molecule has 0 aliphatic carbocycles. The molecule has 1 N–H and O–H groups in total. The van der Waals surface area contributed by atoms with E-state index < -0.39 is 0 Å². The van der Waals surface area contributed by atoms with Crippen LogP contribution in [0.25, 0.3) is 5.69 Å². The Morgan fingerprint density at radius 3 is 2.90 bits per heavy atom. The van der Waals surface area contributed by atoms with Gasteiger partial charge in [-0.2, -0.15) is 0 Å². The van der Waals surface area contributed by atoms with Crippen molar-refractivity contribution in [3.8, 4) is 5.69 Å². The van der Waals surface area contributed by atoms with E-state index in [2.05, 4.69) is 46.8 Å². The zero-order valence-corrected chi connectivity index (χ0v) is 12.3. The van der Waals surface area contributed by atoms with Gasteiger partial charge in [0.05, 0.1) is 5.69 Å². The number of unbranched alkanes of at least 4 members (excludes halogenated alkanes) is 3. The number of hydrogen-bond acceptors (Lipinski definition) is 4. The minimum atomic E-state index is 0.482. The van der Waals surface area contributed by atoms with Crippen molar-refractivity contribution in [3.63, 3.8) is 0 Å². The smallest absolute Gasteiger partial charge is 0.143 e. The Bertz CT molecular complexity index is 495. The fourth-order valence-electron chi connectivity index (χ4n) is 2.25. The lowest BCUT2D eigenvalue weighted by molar-refractivity contribution is 0.594. The molecular weight excluding hydrogens is 250 g/mol. The molecule has 0 bridgehead atoms. The molecule has 1 atom stereocenters. The zero-order valence-electron chi connectivity index (χ0n) is 12.3. The molecule has 108 valence electrons. The highest BCUT2D eigenvalue weighted by Crippen LogP contribution is 2.16. The van der Waals surface area contributed by atoms with Crippen LogP contribution in [0.1, 0.15) is 46.0 Å². The summed E-state index contributed by atoms with van der Waals surface area (Å²) >= 11 is 0. The summed E-state index contributed by atoms with van der Waals surface area (Å²) in [5.74, 6) is 0. The maximum absolute atomic E-state index is 3.90. The summed E-state index contributed by atoms with van der Waals surface area (Å²) in [4.78, 5) is 0. The van der Waals surface area contributed by atoms with Gasteiger partial charge in [0.1, 0.15) is 6.33 Å². The normalized spacial score (nSPS) is 12.3. The molecule has 0 amide bonds. The predicted octanol–water partition coefficient (Wildman–Crippen LogP) is 3.43. The number of benzene rings is 1. The topological polar surface area (TPSA) is 55.6 Å². The summed E-state index contributed by atoms with van der Waals surface area (Å²) < 4.78 is 1.66. The molecular formula is C15H23N5. The number of hydrogen-bond donors (Lipinski definition) is 1. The highest BCUT2D eigenvalue weighted by atomic mass is 15.5. The third kappa shape index (κ3) is 4.33. The Labute approximate surface area is 120 Å². The molecule has 5 nitrogen and oxygen atoms in total. The van der Waals surface area contributed by atoms with Crippen molar-refractivity contribution in [1.29, 1.82) is 0 Å². The largest absolute Gasteiger partial charge is 0.383 e. The van der Waals surface area contributed by atoms with Crippen LogP contribution in [0, 0.1) is 0 Å². The van der Waals surface area contributed by atoms with Crippen LogP contribution in [0.15, 0.2) is 30.6 Å². The molecule has 0 saturated carbocycles. The van der Waals surface area contributed by atoms with Crippen LogP contribution in [0.4, 0.5) is 5.69 Å². The highest BCUT2D eigenvalue weighted by Gasteiger charge is 2.04. The molecule has 0 radical (unpaired) electrons. The predicted molar refractivity (Wildman–Crippen MR) is 81.0 cm³/mol. The molecule has 0 aliphatic heterocycles. The summed E-state index contributed by atoms with van der Waals surface area (Å²) in [5.41, 5.74) is 2.08. The van der Waals surface area contributed by atoms with Crippen molar-refractivity contribution < 1.29 is 0 Å². The van der Waals surface area contributed by atoms with Gasteiger partial charge in [-0.1, -0.05) is 38.7 Å². The third-order valence-electron chi connectivity index (χ3n) is 3.36. The standard InChI is InChI=1S/C15H23N5/c1-3-4-5-6-8-13(2)17-14-9-7-10-15(11-14)20-12-16-18-19-20/h7,9-13,17H,3-6,8H2,1-2H3. The van der Waals surface area contributed by atoms with Crippen LogP contribution in [-0.2, 0) is 0 Å². The van der Waals surface area contributed by atoms with E-state index in [1.54, 1.807) is 11.0 Å². The van der Waals surface area contributed by atoms with E-state index in [1.807, 2.05) is 12.1 Å². The molecule has 2 aromatic rings. The number of rotatable bonds is 8. The maximum Gasteiger partial charge on any atom is 0.143 e. The van der Waals surface area contributed by atoms with Gasteiger partial charge in [0, 0.05) is 11.7 Å². The molecule has 1 aromatic heterocycles. The van der Waals surface area contributed by atoms with Crippen LogP contribution in [0.3, 0.4) is 0 Å². The quantitative estimate of drug-likeness (QED) is 0.749. The van der Waals surface area contributed by atoms with Crippen LogP contribution in [0.2, 0.25) is 0 Å². The number of aromatic nitrogens is 4. The fraction of sp³-hybridized carbons (Fsp3) is 0.533. The minimum Gasteiger partial charge on any atom is -0.383 e. The molecule has 1 aromatic carbocycles. The van der Waals surface area contributed by atoms with Gasteiger partial charge < -0.3 is 5.32 Å². The molecule has 2 rings (SSSR count). The van der Waals surface area contributed by atoms with Gasteiger partial charge >= 0.3 is 0 Å². The SMILES string of the molecule is CCCCCCC(C)Nc1cccc(-n2cnnn2)c1. The van der Waals surface area contributed by atoms with Gasteiger partial charge in [0.25, 0.3) is 0 Å². The molecule has 0 fully saturated rings. The summed E-state index contributed by atoms with van der Waals surface area (Å²) in [6.45, 7) is 4.47. The summed E-state index contributed by atoms with van der Waals surface area (Å²) in [5, 5.41) is 14.8. The van der Waals surface area contributed by atoms with Crippen molar-refractivity contribution in [2.24, 2.45) is 0 Å². The minimum absolute atomic E-state index is 0.482. The maximum atomic E-state index is 3.90. The van der Waals surface area contributed by atoms with Crippen molar-refractivity contribution in [2.75, 3.05) is 5.32 Å². The first kappa shape index (κ1) is 14.5. The molecule has 0 saturated heterocycles. The van der Waals surface area contributed by atoms with E-state index >= 15 is 0 Å². The van der Waals surface area contributed by atoms with E-state index in [0.29, 0.717) is 6.04 Å². The first-order valence-corrected chi connectivity index (χ1v) is 7.39. The number of nitrogens with one attached hydrogen (secondary N) is 1. The Hall–Kier alpha value is -1.91. The zero-order chi connectivity index (χ0) is 14.2. The Balaban J connectivity index is 1.88. The average molecular weight is 273 g/mol. The number of tetrazole rings is 1. The Kier molecular flexibility index (Phi) is 5.53. The van der Waals surface area contributed by atoms with Crippen LogP contribution >= 0.6 is 0 Å². The molecule has 20 heavy (non-hydrogen) atoms. The van der Waals surface area contributed by atoms with Gasteiger partial charge in [0.2, 0.25) is 0 Å². The van der Waals surface area contributed by atoms with Crippen LogP contribution in [0.5, 0.6) is 0 Å². The van der Waals surface area contributed by atoms with Gasteiger partial charge in [-0.05, 0) is 42.0 Å². The van der Waals surface area contributed by atoms with E-state index in [4.69, 9.17) is 0 Å². The van der Waals surface area contributed by atoms with E-state index in [9.17, 15) is 0 Å². The Morgan fingerprint density at radius 1 is 1.25 bits per heavy atom. The molecule has 1 heterocycles. The lowest BCUT2D eigenvalue weighted by Crippen LogP contribution is -2.15. The second kappa shape index (κ2) is 7.62. The van der Waals surface area contributed by atoms with Crippen LogP contribution in [-0.4, -0.2) is 26.2 Å². The van der Waals surface area contributed by atoms with Gasteiger partial charge in [-0.25, -0.2) is 4.68 Å². The van der Waals surface area contributed by atoms with Crippen LogP contribution < -0.4 is 5.32 Å². The molecule has 5 heteroatoms. The fourth-order valence-corrected chi connectivity index (χ4v) is 2.25. The summed E-state index contributed by atoms with van der Waals surface area (Å²) in [6.07, 6.45) is 8.04. The van der Waals surface area contributed by atoms with Crippen molar-refractivity contribution >= 4 is 5.69 Å². The molecule has 1 unspecified atom stereocenters. The van der Waals surface area contributed by atoms with Gasteiger partial charge in [-0.3, -0.25) is 0 Å². The summed E-state index contributed by atoms with van der Waals surface area (Å²) in [6, 6.07) is 8.64. The third-order valence-corrected chi connectivity index (χ3v) is 3.36. The van der Waals surface area contributed by atoms with Crippen molar-refractivity contribution in [2.45, 2.75) is 52.0 Å². The average Bonchev–Trinajstić information content (AvgIpc) is 2.98. The lowest BCUT2D eigenvalue weighted by Gasteiger charge is -2.15. The van der Waals surface area contributed by atoms with Crippen molar-refractivity contribution in [1.82, 2.24) is 20.2 Å². The monoisotopic (exact) mass is 273 g/mol. The van der Waals surface area contributed by atoms with E-state index in [0.717, 1.165) is 11.4 Å². The van der Waals surface area contributed by atoms with E-state index in [-0.39, 0.29) is 0 Å². The second-order valence-electron chi connectivity index (χ2n) is 5.20. The second-order valence-corrected chi connectivity index (χ2v) is 5.20. The first-order chi connectivity index (χ1) is 9.79. The Morgan fingerprint density at radius 2 is 2.15 bits per heavy atom. The van der Waals surface area contributed by atoms with Crippen molar-refractivity contribution in [3.05, 3.63) is 30.6 Å². The molecule has 0 spiro atoms. The first-order valence-electron chi connectivity index (χ1n) is 7.39. The number of nitrogens with zero attached hydrogens (tertiary/aromatic N) is 4.